The van der Waals surface area contributed by atoms with Gasteiger partial charge in [-0.05, 0) is 36.6 Å². The number of aliphatic hydroxyl groups is 1. The summed E-state index contributed by atoms with van der Waals surface area (Å²) in [6.07, 6.45) is 1.70. The minimum Gasteiger partial charge on any atom is -0.469 e. The van der Waals surface area contributed by atoms with Gasteiger partial charge >= 0.3 is 0 Å². The third-order valence-electron chi connectivity index (χ3n) is 3.43. The van der Waals surface area contributed by atoms with Crippen molar-refractivity contribution in [2.75, 3.05) is 11.9 Å². The van der Waals surface area contributed by atoms with Crippen LogP contribution in [0.1, 0.15) is 42.3 Å². The van der Waals surface area contributed by atoms with Gasteiger partial charge in [0.1, 0.15) is 11.6 Å². The largest absolute Gasteiger partial charge is 0.469 e. The van der Waals surface area contributed by atoms with E-state index in [0.29, 0.717) is 5.92 Å². The molecule has 0 fully saturated rings. The quantitative estimate of drug-likeness (QED) is 0.909. The number of aromatic nitrogens is 1. The van der Waals surface area contributed by atoms with Crippen LogP contribution in [0.5, 0.6) is 0 Å². The van der Waals surface area contributed by atoms with Crippen molar-refractivity contribution < 1.29 is 9.52 Å². The predicted molar refractivity (Wildman–Crippen MR) is 79.8 cm³/mol. The molecule has 2 rings (SSSR count). The highest BCUT2D eigenvalue weighted by Crippen LogP contribution is 2.22. The van der Waals surface area contributed by atoms with Crippen LogP contribution in [0.4, 0.5) is 5.82 Å². The molecule has 1 N–H and O–H groups in total. The minimum absolute atomic E-state index is 0.0355. The fraction of sp³-hybridized carbons (Fsp3) is 0.438. The van der Waals surface area contributed by atoms with Crippen molar-refractivity contribution in [3.63, 3.8) is 0 Å². The summed E-state index contributed by atoms with van der Waals surface area (Å²) in [4.78, 5) is 6.75. The maximum Gasteiger partial charge on any atom is 0.129 e. The van der Waals surface area contributed by atoms with E-state index in [1.165, 1.54) is 0 Å². The molecular weight excluding hydrogens is 252 g/mol. The second kappa shape index (κ2) is 6.09. The molecule has 20 heavy (non-hydrogen) atoms. The van der Waals surface area contributed by atoms with Gasteiger partial charge in [-0.1, -0.05) is 13.8 Å². The number of aliphatic hydroxyl groups excluding tert-OH is 1. The summed E-state index contributed by atoms with van der Waals surface area (Å²) in [7, 11) is 2.00. The summed E-state index contributed by atoms with van der Waals surface area (Å²) < 4.78 is 5.32. The van der Waals surface area contributed by atoms with E-state index in [-0.39, 0.29) is 6.61 Å². The zero-order chi connectivity index (χ0) is 14.7. The molecule has 0 aliphatic rings. The second-order valence-electron chi connectivity index (χ2n) is 5.43. The molecule has 2 aromatic rings. The first-order valence-electron chi connectivity index (χ1n) is 6.87. The lowest BCUT2D eigenvalue weighted by Crippen LogP contribution is -2.19. The maximum absolute atomic E-state index is 9.39. The van der Waals surface area contributed by atoms with Crippen molar-refractivity contribution in [2.24, 2.45) is 0 Å². The van der Waals surface area contributed by atoms with Crippen molar-refractivity contribution in [2.45, 2.75) is 39.8 Å². The lowest BCUT2D eigenvalue weighted by atomic mass is 10.1. The van der Waals surface area contributed by atoms with Gasteiger partial charge in [0.05, 0.1) is 12.9 Å². The van der Waals surface area contributed by atoms with Gasteiger partial charge in [-0.15, -0.1) is 0 Å². The van der Waals surface area contributed by atoms with Gasteiger partial charge in [-0.3, -0.25) is 0 Å². The molecule has 0 aromatic carbocycles. The molecule has 0 saturated heterocycles. The van der Waals surface area contributed by atoms with Crippen molar-refractivity contribution in [3.8, 4) is 0 Å². The van der Waals surface area contributed by atoms with Gasteiger partial charge in [-0.2, -0.15) is 0 Å². The van der Waals surface area contributed by atoms with Gasteiger partial charge in [0.15, 0.2) is 0 Å². The number of rotatable bonds is 5. The highest BCUT2D eigenvalue weighted by Gasteiger charge is 2.11. The number of furan rings is 1. The van der Waals surface area contributed by atoms with Crippen LogP contribution in [-0.2, 0) is 13.2 Å². The Morgan fingerprint density at radius 1 is 1.35 bits per heavy atom. The van der Waals surface area contributed by atoms with Crippen LogP contribution < -0.4 is 4.90 Å². The van der Waals surface area contributed by atoms with Crippen molar-refractivity contribution in [1.29, 1.82) is 0 Å². The first-order chi connectivity index (χ1) is 9.51. The molecule has 4 heteroatoms. The Morgan fingerprint density at radius 3 is 2.65 bits per heavy atom. The SMILES string of the molecule is Cc1occc1CN(C)c1cc(CO)cc(C(C)C)n1. The summed E-state index contributed by atoms with van der Waals surface area (Å²) in [5.41, 5.74) is 3.05. The average molecular weight is 274 g/mol. The van der Waals surface area contributed by atoms with E-state index in [0.717, 1.165) is 34.9 Å². The number of nitrogens with zero attached hydrogens (tertiary/aromatic N) is 2. The summed E-state index contributed by atoms with van der Waals surface area (Å²) in [5, 5.41) is 9.39. The van der Waals surface area contributed by atoms with Crippen LogP contribution in [0.2, 0.25) is 0 Å². The highest BCUT2D eigenvalue weighted by atomic mass is 16.3. The van der Waals surface area contributed by atoms with Gasteiger partial charge in [0.25, 0.3) is 0 Å². The zero-order valence-corrected chi connectivity index (χ0v) is 12.6. The Hall–Kier alpha value is -1.81. The average Bonchev–Trinajstić information content (AvgIpc) is 2.83. The van der Waals surface area contributed by atoms with E-state index in [4.69, 9.17) is 4.42 Å². The van der Waals surface area contributed by atoms with Gasteiger partial charge in [0.2, 0.25) is 0 Å². The molecule has 2 aromatic heterocycles. The van der Waals surface area contributed by atoms with Crippen LogP contribution in [0, 0.1) is 6.92 Å². The van der Waals surface area contributed by atoms with Gasteiger partial charge < -0.3 is 14.4 Å². The first-order valence-corrected chi connectivity index (χ1v) is 6.87. The normalized spacial score (nSPS) is 11.1. The molecule has 2 heterocycles. The van der Waals surface area contributed by atoms with Crippen LogP contribution in [0.15, 0.2) is 28.9 Å². The molecule has 0 amide bonds. The zero-order valence-electron chi connectivity index (χ0n) is 12.6. The monoisotopic (exact) mass is 274 g/mol. The third-order valence-corrected chi connectivity index (χ3v) is 3.43. The van der Waals surface area contributed by atoms with E-state index >= 15 is 0 Å². The van der Waals surface area contributed by atoms with E-state index in [1.54, 1.807) is 6.26 Å². The fourth-order valence-corrected chi connectivity index (χ4v) is 2.09. The summed E-state index contributed by atoms with van der Waals surface area (Å²) in [5.74, 6) is 2.14. The Morgan fingerprint density at radius 2 is 2.10 bits per heavy atom. The topological polar surface area (TPSA) is 49.5 Å². The van der Waals surface area contributed by atoms with Gasteiger partial charge in [0, 0.05) is 24.8 Å². The Kier molecular flexibility index (Phi) is 4.45. The fourth-order valence-electron chi connectivity index (χ4n) is 2.09. The highest BCUT2D eigenvalue weighted by molar-refractivity contribution is 5.43. The summed E-state index contributed by atoms with van der Waals surface area (Å²) >= 11 is 0. The second-order valence-corrected chi connectivity index (χ2v) is 5.43. The third kappa shape index (κ3) is 3.20. The van der Waals surface area contributed by atoms with Crippen molar-refractivity contribution in [3.05, 3.63) is 47.0 Å². The van der Waals surface area contributed by atoms with E-state index in [2.05, 4.69) is 23.7 Å². The van der Waals surface area contributed by atoms with Crippen LogP contribution in [-0.4, -0.2) is 17.1 Å². The maximum atomic E-state index is 9.39. The Labute approximate surface area is 120 Å². The van der Waals surface area contributed by atoms with E-state index in [1.807, 2.05) is 32.2 Å². The molecule has 0 aliphatic heterocycles. The molecular formula is C16H22N2O2. The van der Waals surface area contributed by atoms with E-state index in [9.17, 15) is 5.11 Å². The molecule has 4 nitrogen and oxygen atoms in total. The molecule has 0 radical (unpaired) electrons. The number of anilines is 1. The Balaban J connectivity index is 2.26. The van der Waals surface area contributed by atoms with Crippen molar-refractivity contribution in [1.82, 2.24) is 4.98 Å². The predicted octanol–water partition coefficient (Wildman–Crippen LogP) is 3.24. The molecule has 0 saturated carbocycles. The van der Waals surface area contributed by atoms with E-state index < -0.39 is 0 Å². The smallest absolute Gasteiger partial charge is 0.129 e. The minimum atomic E-state index is 0.0355. The lowest BCUT2D eigenvalue weighted by Gasteiger charge is -2.20. The first kappa shape index (κ1) is 14.6. The Bertz CT molecular complexity index is 576. The van der Waals surface area contributed by atoms with Crippen LogP contribution in [0.25, 0.3) is 0 Å². The molecule has 0 bridgehead atoms. The summed E-state index contributed by atoms with van der Waals surface area (Å²) in [6, 6.07) is 5.87. The lowest BCUT2D eigenvalue weighted by molar-refractivity contribution is 0.281. The van der Waals surface area contributed by atoms with Crippen molar-refractivity contribution >= 4 is 5.82 Å². The van der Waals surface area contributed by atoms with Crippen LogP contribution in [0.3, 0.4) is 0 Å². The van der Waals surface area contributed by atoms with Crippen LogP contribution >= 0.6 is 0 Å². The molecule has 0 aliphatic carbocycles. The number of hydrogen-bond donors (Lipinski definition) is 1. The number of hydrogen-bond acceptors (Lipinski definition) is 4. The summed E-state index contributed by atoms with van der Waals surface area (Å²) in [6.45, 7) is 6.94. The number of pyridine rings is 1. The molecule has 108 valence electrons. The molecule has 0 atom stereocenters. The molecule has 0 unspecified atom stereocenters. The van der Waals surface area contributed by atoms with Gasteiger partial charge in [-0.25, -0.2) is 4.98 Å². The molecule has 0 spiro atoms. The standard InChI is InChI=1S/C16H22N2O2/c1-11(2)15-7-13(10-19)8-16(17-15)18(4)9-14-5-6-20-12(14)3/h5-8,11,19H,9-10H2,1-4H3. The number of aryl methyl sites for hydroxylation is 1.